The van der Waals surface area contributed by atoms with Crippen LogP contribution < -0.4 is 0 Å². The summed E-state index contributed by atoms with van der Waals surface area (Å²) in [7, 11) is -1.53. The minimum Gasteiger partial charge on any atom is -0.478 e. The molecule has 7 heteroatoms. The molecule has 2 rings (SSSR count). The van der Waals surface area contributed by atoms with Gasteiger partial charge in [0.05, 0.1) is 32.7 Å². The molecule has 0 bridgehead atoms. The van der Waals surface area contributed by atoms with Crippen molar-refractivity contribution in [2.24, 2.45) is 0 Å². The first kappa shape index (κ1) is 14.1. The van der Waals surface area contributed by atoms with Crippen LogP contribution in [0, 0.1) is 0 Å². The van der Waals surface area contributed by atoms with Crippen LogP contribution in [-0.2, 0) is 16.6 Å². The van der Waals surface area contributed by atoms with Crippen molar-refractivity contribution < 1.29 is 18.5 Å². The second kappa shape index (κ2) is 5.77. The molecule has 2 aromatic rings. The molecule has 1 heterocycles. The lowest BCUT2D eigenvalue weighted by atomic mass is 10.3. The Bertz CT molecular complexity index is 651. The van der Waals surface area contributed by atoms with Gasteiger partial charge in [-0.15, -0.1) is 0 Å². The highest BCUT2D eigenvalue weighted by Crippen LogP contribution is 2.26. The SMILES string of the molecule is O=C(O)c1ccoc1CS(=O)c1cc(Cl)ccc1Cl. The Kier molecular flexibility index (Phi) is 4.29. The normalized spacial score (nSPS) is 12.3. The lowest BCUT2D eigenvalue weighted by molar-refractivity contribution is 0.0695. The summed E-state index contributed by atoms with van der Waals surface area (Å²) in [4.78, 5) is 11.3. The third-order valence-corrected chi connectivity index (χ3v) is 4.41. The summed E-state index contributed by atoms with van der Waals surface area (Å²) >= 11 is 11.7. The van der Waals surface area contributed by atoms with E-state index in [0.717, 1.165) is 0 Å². The van der Waals surface area contributed by atoms with E-state index in [9.17, 15) is 9.00 Å². The number of hydrogen-bond acceptors (Lipinski definition) is 3. The number of furan rings is 1. The number of halogens is 2. The van der Waals surface area contributed by atoms with E-state index in [0.29, 0.717) is 14.9 Å². The molecule has 0 saturated carbocycles. The standard InChI is InChI=1S/C12H8Cl2O4S/c13-7-1-2-9(14)11(5-7)19(17)6-10-8(12(15)16)3-4-18-10/h1-5H,6H2,(H,15,16). The number of carboxylic acids is 1. The molecule has 0 aliphatic rings. The number of carbonyl (C=O) groups is 1. The van der Waals surface area contributed by atoms with Crippen molar-refractivity contribution in [2.75, 3.05) is 0 Å². The molecule has 0 aliphatic heterocycles. The number of benzene rings is 1. The summed E-state index contributed by atoms with van der Waals surface area (Å²) in [5, 5.41) is 9.65. The molecular weight excluding hydrogens is 311 g/mol. The molecule has 1 unspecified atom stereocenters. The fourth-order valence-electron chi connectivity index (χ4n) is 1.49. The maximum Gasteiger partial charge on any atom is 0.339 e. The van der Waals surface area contributed by atoms with Gasteiger partial charge in [-0.1, -0.05) is 23.2 Å². The first-order valence-electron chi connectivity index (χ1n) is 5.12. The molecule has 0 spiro atoms. The molecule has 1 aromatic carbocycles. The van der Waals surface area contributed by atoms with Gasteiger partial charge in [-0.3, -0.25) is 4.21 Å². The molecule has 0 fully saturated rings. The van der Waals surface area contributed by atoms with Crippen molar-refractivity contribution in [1.82, 2.24) is 0 Å². The van der Waals surface area contributed by atoms with Crippen LogP contribution in [0.1, 0.15) is 16.1 Å². The number of rotatable bonds is 4. The molecule has 4 nitrogen and oxygen atoms in total. The zero-order valence-corrected chi connectivity index (χ0v) is 11.8. The minimum absolute atomic E-state index is 0.00787. The van der Waals surface area contributed by atoms with Crippen LogP contribution >= 0.6 is 23.2 Å². The van der Waals surface area contributed by atoms with Crippen molar-refractivity contribution in [3.63, 3.8) is 0 Å². The monoisotopic (exact) mass is 318 g/mol. The lowest BCUT2D eigenvalue weighted by Gasteiger charge is -2.04. The molecule has 0 amide bonds. The summed E-state index contributed by atoms with van der Waals surface area (Å²) in [6.45, 7) is 0. The largest absolute Gasteiger partial charge is 0.478 e. The predicted octanol–water partition coefficient (Wildman–Crippen LogP) is 3.59. The highest BCUT2D eigenvalue weighted by atomic mass is 35.5. The van der Waals surface area contributed by atoms with E-state index < -0.39 is 16.8 Å². The molecule has 0 radical (unpaired) electrons. The van der Waals surface area contributed by atoms with Gasteiger partial charge < -0.3 is 9.52 Å². The van der Waals surface area contributed by atoms with Gasteiger partial charge >= 0.3 is 5.97 Å². The molecule has 0 aliphatic carbocycles. The van der Waals surface area contributed by atoms with Crippen LogP contribution in [0.25, 0.3) is 0 Å². The lowest BCUT2D eigenvalue weighted by Crippen LogP contribution is -2.03. The Morgan fingerprint density at radius 3 is 2.74 bits per heavy atom. The molecule has 19 heavy (non-hydrogen) atoms. The van der Waals surface area contributed by atoms with Gasteiger partial charge in [-0.25, -0.2) is 4.79 Å². The molecular formula is C12H8Cl2O4S. The molecule has 1 aromatic heterocycles. The Balaban J connectivity index is 2.28. The van der Waals surface area contributed by atoms with E-state index in [-0.39, 0.29) is 17.1 Å². The van der Waals surface area contributed by atoms with Gasteiger partial charge in [0.1, 0.15) is 11.3 Å². The van der Waals surface area contributed by atoms with Crippen LogP contribution in [0.2, 0.25) is 10.0 Å². The fraction of sp³-hybridized carbons (Fsp3) is 0.0833. The minimum atomic E-state index is -1.53. The third-order valence-electron chi connectivity index (χ3n) is 2.38. The topological polar surface area (TPSA) is 67.5 Å². The van der Waals surface area contributed by atoms with Gasteiger partial charge in [0.25, 0.3) is 0 Å². The Morgan fingerprint density at radius 1 is 1.32 bits per heavy atom. The van der Waals surface area contributed by atoms with Crippen molar-refractivity contribution in [3.8, 4) is 0 Å². The maximum absolute atomic E-state index is 12.2. The maximum atomic E-state index is 12.2. The Labute approximate surface area is 121 Å². The predicted molar refractivity (Wildman–Crippen MR) is 72.2 cm³/mol. The summed E-state index contributed by atoms with van der Waals surface area (Å²) in [5.74, 6) is -1.06. The van der Waals surface area contributed by atoms with Crippen molar-refractivity contribution in [3.05, 3.63) is 51.9 Å². The van der Waals surface area contributed by atoms with Gasteiger partial charge in [0.2, 0.25) is 0 Å². The van der Waals surface area contributed by atoms with Gasteiger partial charge in [0, 0.05) is 5.02 Å². The van der Waals surface area contributed by atoms with E-state index in [1.54, 1.807) is 6.07 Å². The molecule has 1 N–H and O–H groups in total. The van der Waals surface area contributed by atoms with E-state index in [1.807, 2.05) is 0 Å². The second-order valence-electron chi connectivity index (χ2n) is 3.63. The van der Waals surface area contributed by atoms with Crippen LogP contribution in [0.3, 0.4) is 0 Å². The summed E-state index contributed by atoms with van der Waals surface area (Å²) in [6, 6.07) is 5.93. The average molecular weight is 319 g/mol. The Morgan fingerprint density at radius 2 is 2.05 bits per heavy atom. The van der Waals surface area contributed by atoms with Crippen LogP contribution in [-0.4, -0.2) is 15.3 Å². The van der Waals surface area contributed by atoms with Gasteiger partial charge in [-0.05, 0) is 24.3 Å². The highest BCUT2D eigenvalue weighted by molar-refractivity contribution is 7.84. The number of carboxylic acid groups (broad SMARTS) is 1. The molecule has 100 valence electrons. The van der Waals surface area contributed by atoms with Crippen LogP contribution in [0.15, 0.2) is 39.8 Å². The Hall–Kier alpha value is -1.30. The van der Waals surface area contributed by atoms with Crippen molar-refractivity contribution in [2.45, 2.75) is 10.6 Å². The fourth-order valence-corrected chi connectivity index (χ4v) is 3.27. The molecule has 0 saturated heterocycles. The quantitative estimate of drug-likeness (QED) is 0.935. The van der Waals surface area contributed by atoms with Crippen LogP contribution in [0.5, 0.6) is 0 Å². The van der Waals surface area contributed by atoms with Gasteiger partial charge in [-0.2, -0.15) is 0 Å². The number of aromatic carboxylic acids is 1. The number of hydrogen-bond donors (Lipinski definition) is 1. The first-order chi connectivity index (χ1) is 8.99. The van der Waals surface area contributed by atoms with Crippen LogP contribution in [0.4, 0.5) is 0 Å². The van der Waals surface area contributed by atoms with E-state index >= 15 is 0 Å². The zero-order valence-electron chi connectivity index (χ0n) is 9.43. The summed E-state index contributed by atoms with van der Waals surface area (Å²) < 4.78 is 17.2. The van der Waals surface area contributed by atoms with Crippen molar-refractivity contribution >= 4 is 40.0 Å². The average Bonchev–Trinajstić information content (AvgIpc) is 2.80. The zero-order chi connectivity index (χ0) is 14.0. The highest BCUT2D eigenvalue weighted by Gasteiger charge is 2.18. The third kappa shape index (κ3) is 3.18. The second-order valence-corrected chi connectivity index (χ2v) is 5.89. The van der Waals surface area contributed by atoms with E-state index in [4.69, 9.17) is 32.7 Å². The summed E-state index contributed by atoms with van der Waals surface area (Å²) in [5.41, 5.74) is -0.00787. The van der Waals surface area contributed by atoms with Crippen molar-refractivity contribution in [1.29, 1.82) is 0 Å². The summed E-state index contributed by atoms with van der Waals surface area (Å²) in [6.07, 6.45) is 1.25. The van der Waals surface area contributed by atoms with E-state index in [2.05, 4.69) is 0 Å². The van der Waals surface area contributed by atoms with Gasteiger partial charge in [0.15, 0.2) is 0 Å². The first-order valence-corrected chi connectivity index (χ1v) is 7.19. The molecule has 1 atom stereocenters. The smallest absolute Gasteiger partial charge is 0.339 e. The van der Waals surface area contributed by atoms with E-state index in [1.165, 1.54) is 24.5 Å².